The second-order valence-corrected chi connectivity index (χ2v) is 4.92. The molecule has 1 heterocycles. The monoisotopic (exact) mass is 257 g/mol. The minimum absolute atomic E-state index is 0.310. The van der Waals surface area contributed by atoms with Gasteiger partial charge >= 0.3 is 0 Å². The third-order valence-electron chi connectivity index (χ3n) is 3.37. The lowest BCUT2D eigenvalue weighted by molar-refractivity contribution is 0.327. The van der Waals surface area contributed by atoms with Crippen molar-refractivity contribution in [3.63, 3.8) is 0 Å². The van der Waals surface area contributed by atoms with Crippen LogP contribution in [0.5, 0.6) is 0 Å². The Morgan fingerprint density at radius 1 is 1.35 bits per heavy atom. The topological polar surface area (TPSA) is 29.9 Å². The molecular formula is C13H24ClN3. The molecule has 1 atom stereocenters. The van der Waals surface area contributed by atoms with E-state index >= 15 is 0 Å². The van der Waals surface area contributed by atoms with E-state index < -0.39 is 0 Å². The van der Waals surface area contributed by atoms with Crippen molar-refractivity contribution in [3.05, 3.63) is 16.9 Å². The molecule has 0 aliphatic carbocycles. The molecule has 1 rings (SSSR count). The summed E-state index contributed by atoms with van der Waals surface area (Å²) in [6, 6.07) is 0.310. The van der Waals surface area contributed by atoms with Gasteiger partial charge in [-0.05, 0) is 18.9 Å². The number of aromatic nitrogens is 2. The Labute approximate surface area is 110 Å². The zero-order valence-electron chi connectivity index (χ0n) is 11.3. The largest absolute Gasteiger partial charge is 0.308 e. The molecule has 0 aliphatic rings. The molecule has 1 aromatic rings. The summed E-state index contributed by atoms with van der Waals surface area (Å²) in [7, 11) is 1.96. The number of aryl methyl sites for hydroxylation is 1. The highest BCUT2D eigenvalue weighted by Crippen LogP contribution is 2.31. The number of nitrogens with zero attached hydrogens (tertiary/aromatic N) is 2. The molecule has 0 aliphatic heterocycles. The molecule has 0 saturated carbocycles. The van der Waals surface area contributed by atoms with Gasteiger partial charge in [0.05, 0.1) is 23.0 Å². The van der Waals surface area contributed by atoms with Crippen molar-refractivity contribution in [2.45, 2.75) is 46.1 Å². The van der Waals surface area contributed by atoms with Crippen LogP contribution in [0, 0.1) is 5.92 Å². The fourth-order valence-electron chi connectivity index (χ4n) is 2.32. The van der Waals surface area contributed by atoms with Crippen LogP contribution in [-0.4, -0.2) is 16.3 Å². The van der Waals surface area contributed by atoms with Crippen LogP contribution in [0.4, 0.5) is 0 Å². The zero-order chi connectivity index (χ0) is 12.8. The third-order valence-corrected chi connectivity index (χ3v) is 3.66. The molecule has 0 radical (unpaired) electrons. The molecule has 0 aromatic carbocycles. The van der Waals surface area contributed by atoms with Crippen LogP contribution in [0.3, 0.4) is 0 Å². The maximum atomic E-state index is 6.25. The maximum absolute atomic E-state index is 6.25. The summed E-state index contributed by atoms with van der Waals surface area (Å²) < 4.78 is 1.90. The van der Waals surface area contributed by atoms with Crippen molar-refractivity contribution >= 4 is 11.6 Å². The minimum atomic E-state index is 0.310. The maximum Gasteiger partial charge on any atom is 0.0834 e. The van der Waals surface area contributed by atoms with Gasteiger partial charge in [0.15, 0.2) is 0 Å². The molecule has 0 fully saturated rings. The zero-order valence-corrected chi connectivity index (χ0v) is 12.1. The first kappa shape index (κ1) is 14.5. The van der Waals surface area contributed by atoms with E-state index in [4.69, 9.17) is 11.6 Å². The van der Waals surface area contributed by atoms with Crippen molar-refractivity contribution < 1.29 is 0 Å². The summed E-state index contributed by atoms with van der Waals surface area (Å²) in [5.41, 5.74) is 1.12. The summed E-state index contributed by atoms with van der Waals surface area (Å²) in [4.78, 5) is 0. The Morgan fingerprint density at radius 2 is 2.00 bits per heavy atom. The van der Waals surface area contributed by atoms with Crippen LogP contribution in [0.1, 0.15) is 51.8 Å². The van der Waals surface area contributed by atoms with Crippen molar-refractivity contribution in [1.82, 2.24) is 15.1 Å². The fraction of sp³-hybridized carbons (Fsp3) is 0.769. The van der Waals surface area contributed by atoms with Crippen LogP contribution in [0.2, 0.25) is 5.02 Å². The Kier molecular flexibility index (Phi) is 6.00. The van der Waals surface area contributed by atoms with E-state index in [0.29, 0.717) is 12.0 Å². The molecular weight excluding hydrogens is 234 g/mol. The summed E-state index contributed by atoms with van der Waals surface area (Å²) in [5, 5.41) is 8.62. The van der Waals surface area contributed by atoms with Gasteiger partial charge in [0, 0.05) is 7.05 Å². The first-order valence-corrected chi connectivity index (χ1v) is 6.94. The summed E-state index contributed by atoms with van der Waals surface area (Å²) in [6.07, 6.45) is 5.17. The normalized spacial score (nSPS) is 13.3. The second kappa shape index (κ2) is 7.02. The second-order valence-electron chi connectivity index (χ2n) is 4.51. The number of nitrogens with one attached hydrogen (secondary N) is 1. The van der Waals surface area contributed by atoms with Crippen molar-refractivity contribution in [2.75, 3.05) is 6.54 Å². The lowest BCUT2D eigenvalue weighted by Crippen LogP contribution is -2.30. The Hall–Kier alpha value is -0.540. The molecule has 0 amide bonds. The average Bonchev–Trinajstić information content (AvgIpc) is 2.65. The van der Waals surface area contributed by atoms with E-state index in [0.717, 1.165) is 36.5 Å². The predicted octanol–water partition coefficient (Wildman–Crippen LogP) is 3.55. The highest BCUT2D eigenvalue weighted by atomic mass is 35.5. The highest BCUT2D eigenvalue weighted by Gasteiger charge is 2.24. The molecule has 98 valence electrons. The smallest absolute Gasteiger partial charge is 0.0834 e. The van der Waals surface area contributed by atoms with E-state index in [1.54, 1.807) is 6.20 Å². The molecule has 17 heavy (non-hydrogen) atoms. The van der Waals surface area contributed by atoms with E-state index in [1.165, 1.54) is 0 Å². The Morgan fingerprint density at radius 3 is 2.41 bits per heavy atom. The number of halogens is 1. The van der Waals surface area contributed by atoms with Crippen molar-refractivity contribution in [3.8, 4) is 0 Å². The summed E-state index contributed by atoms with van der Waals surface area (Å²) in [6.45, 7) is 7.67. The van der Waals surface area contributed by atoms with E-state index in [2.05, 4.69) is 31.2 Å². The Balaban J connectivity index is 2.96. The molecule has 0 spiro atoms. The van der Waals surface area contributed by atoms with Crippen LogP contribution >= 0.6 is 11.6 Å². The number of hydrogen-bond acceptors (Lipinski definition) is 2. The van der Waals surface area contributed by atoms with Gasteiger partial charge in [-0.1, -0.05) is 45.2 Å². The van der Waals surface area contributed by atoms with Gasteiger partial charge < -0.3 is 5.32 Å². The molecule has 1 N–H and O–H groups in total. The lowest BCUT2D eigenvalue weighted by atomic mass is 9.91. The van der Waals surface area contributed by atoms with Crippen molar-refractivity contribution in [1.29, 1.82) is 0 Å². The third kappa shape index (κ3) is 3.46. The quantitative estimate of drug-likeness (QED) is 0.810. The van der Waals surface area contributed by atoms with Crippen LogP contribution in [0.15, 0.2) is 6.20 Å². The Bertz CT molecular complexity index is 312. The van der Waals surface area contributed by atoms with Crippen LogP contribution < -0.4 is 5.32 Å². The van der Waals surface area contributed by atoms with E-state index in [-0.39, 0.29) is 0 Å². The summed E-state index contributed by atoms with van der Waals surface area (Å²) >= 11 is 6.25. The number of rotatable bonds is 7. The fourth-order valence-corrected chi connectivity index (χ4v) is 2.60. The van der Waals surface area contributed by atoms with Gasteiger partial charge in [0.1, 0.15) is 0 Å². The molecule has 0 bridgehead atoms. The molecule has 3 nitrogen and oxygen atoms in total. The average molecular weight is 258 g/mol. The first-order chi connectivity index (χ1) is 8.15. The van der Waals surface area contributed by atoms with Crippen LogP contribution in [-0.2, 0) is 7.05 Å². The molecule has 0 saturated heterocycles. The first-order valence-electron chi connectivity index (χ1n) is 6.56. The van der Waals surface area contributed by atoms with Gasteiger partial charge in [-0.3, -0.25) is 4.68 Å². The van der Waals surface area contributed by atoms with Crippen LogP contribution in [0.25, 0.3) is 0 Å². The van der Waals surface area contributed by atoms with E-state index in [9.17, 15) is 0 Å². The van der Waals surface area contributed by atoms with Gasteiger partial charge in [0.2, 0.25) is 0 Å². The number of hydrogen-bond donors (Lipinski definition) is 1. The molecule has 1 unspecified atom stereocenters. The summed E-state index contributed by atoms with van der Waals surface area (Å²) in [5.74, 6) is 0.606. The van der Waals surface area contributed by atoms with Gasteiger partial charge in [-0.25, -0.2) is 0 Å². The SMILES string of the molecule is CCCNC(c1c(Cl)cnn1C)C(CC)CC. The van der Waals surface area contributed by atoms with Gasteiger partial charge in [0.25, 0.3) is 0 Å². The van der Waals surface area contributed by atoms with Crippen molar-refractivity contribution in [2.24, 2.45) is 13.0 Å². The molecule has 4 heteroatoms. The predicted molar refractivity (Wildman–Crippen MR) is 73.3 cm³/mol. The van der Waals surface area contributed by atoms with Gasteiger partial charge in [-0.15, -0.1) is 0 Å². The lowest BCUT2D eigenvalue weighted by Gasteiger charge is -2.27. The molecule has 1 aromatic heterocycles. The minimum Gasteiger partial charge on any atom is -0.308 e. The standard InChI is InChI=1S/C13H24ClN3/c1-5-8-15-12(10(6-2)7-3)13-11(14)9-16-17(13)4/h9-10,12,15H,5-8H2,1-4H3. The highest BCUT2D eigenvalue weighted by molar-refractivity contribution is 6.31. The van der Waals surface area contributed by atoms with E-state index in [1.807, 2.05) is 11.7 Å². The van der Waals surface area contributed by atoms with Gasteiger partial charge in [-0.2, -0.15) is 5.10 Å².